The summed E-state index contributed by atoms with van der Waals surface area (Å²) in [6, 6.07) is 0. The number of likely N-dealkylation sites (N-methyl/N-ethyl adjacent to an activating group) is 2. The molecular weight excluding hydrogens is 306 g/mol. The lowest BCUT2D eigenvalue weighted by Gasteiger charge is -2.30. The molecule has 0 aromatic heterocycles. The molecule has 1 saturated carbocycles. The van der Waals surface area contributed by atoms with Crippen molar-refractivity contribution >= 4 is 15.9 Å². The first kappa shape index (κ1) is 19.3. The smallest absolute Gasteiger partial charge is 0.234 e. The second-order valence-electron chi connectivity index (χ2n) is 7.09. The third-order valence-electron chi connectivity index (χ3n) is 3.60. The van der Waals surface area contributed by atoms with Crippen LogP contribution in [0.3, 0.4) is 0 Å². The lowest BCUT2D eigenvalue weighted by Crippen LogP contribution is -2.53. The van der Waals surface area contributed by atoms with Crippen LogP contribution in [0.15, 0.2) is 0 Å². The minimum atomic E-state index is -3.62. The standard InChI is InChI=1S/C14H29N3O4S/c1-6-15-12(19)10-17(5)9-11(18)14(7-8-14)22(20,21)16-13(2,3)4/h11,16,18H,6-10H2,1-5H3,(H,15,19). The van der Waals surface area contributed by atoms with Crippen molar-refractivity contribution in [2.75, 3.05) is 26.7 Å². The predicted octanol–water partition coefficient (Wildman–Crippen LogP) is -0.334. The molecule has 8 heteroatoms. The van der Waals surface area contributed by atoms with E-state index in [0.29, 0.717) is 19.4 Å². The number of rotatable bonds is 8. The lowest BCUT2D eigenvalue weighted by molar-refractivity contribution is -0.122. The summed E-state index contributed by atoms with van der Waals surface area (Å²) in [6.07, 6.45) is -0.143. The average Bonchev–Trinajstić information content (AvgIpc) is 3.05. The van der Waals surface area contributed by atoms with Crippen molar-refractivity contribution in [3.63, 3.8) is 0 Å². The summed E-state index contributed by atoms with van der Waals surface area (Å²) in [7, 11) is -1.92. The maximum absolute atomic E-state index is 12.5. The zero-order valence-corrected chi connectivity index (χ0v) is 15.0. The molecular formula is C14H29N3O4S. The fourth-order valence-electron chi connectivity index (χ4n) is 2.43. The number of hydrogen-bond acceptors (Lipinski definition) is 5. The molecule has 0 spiro atoms. The van der Waals surface area contributed by atoms with E-state index in [1.807, 2.05) is 6.92 Å². The Hall–Kier alpha value is -0.700. The summed E-state index contributed by atoms with van der Waals surface area (Å²) in [5, 5.41) is 13.1. The van der Waals surface area contributed by atoms with Crippen LogP contribution in [0.4, 0.5) is 0 Å². The van der Waals surface area contributed by atoms with Crippen molar-refractivity contribution in [1.29, 1.82) is 0 Å². The number of amides is 1. The molecule has 1 aliphatic rings. The van der Waals surface area contributed by atoms with E-state index in [0.717, 1.165) is 0 Å². The van der Waals surface area contributed by atoms with Crippen LogP contribution in [0.2, 0.25) is 0 Å². The first-order chi connectivity index (χ1) is 9.93. The van der Waals surface area contributed by atoms with E-state index in [-0.39, 0.29) is 19.0 Å². The van der Waals surface area contributed by atoms with Crippen LogP contribution in [0.5, 0.6) is 0 Å². The van der Waals surface area contributed by atoms with Gasteiger partial charge in [0.1, 0.15) is 4.75 Å². The van der Waals surface area contributed by atoms with Crippen molar-refractivity contribution in [3.8, 4) is 0 Å². The minimum absolute atomic E-state index is 0.133. The van der Waals surface area contributed by atoms with E-state index < -0.39 is 26.4 Å². The molecule has 0 bridgehead atoms. The van der Waals surface area contributed by atoms with Crippen LogP contribution in [0.25, 0.3) is 0 Å². The largest absolute Gasteiger partial charge is 0.390 e. The summed E-state index contributed by atoms with van der Waals surface area (Å²) in [5.74, 6) is -0.141. The molecule has 1 amide bonds. The second-order valence-corrected chi connectivity index (χ2v) is 9.11. The zero-order chi connectivity index (χ0) is 17.2. The molecule has 0 saturated heterocycles. The Kier molecular flexibility index (Phi) is 6.00. The molecule has 1 fully saturated rings. The van der Waals surface area contributed by atoms with E-state index in [1.165, 1.54) is 0 Å². The Labute approximate surface area is 133 Å². The van der Waals surface area contributed by atoms with E-state index in [4.69, 9.17) is 0 Å². The first-order valence-corrected chi connectivity index (χ1v) is 9.08. The van der Waals surface area contributed by atoms with E-state index in [2.05, 4.69) is 10.0 Å². The quantitative estimate of drug-likeness (QED) is 0.564. The Morgan fingerprint density at radius 1 is 1.36 bits per heavy atom. The topological polar surface area (TPSA) is 98.7 Å². The molecule has 0 heterocycles. The number of aliphatic hydroxyl groups excluding tert-OH is 1. The van der Waals surface area contributed by atoms with Gasteiger partial charge in [-0.1, -0.05) is 0 Å². The van der Waals surface area contributed by atoms with Gasteiger partial charge in [-0.2, -0.15) is 0 Å². The van der Waals surface area contributed by atoms with Gasteiger partial charge in [0.05, 0.1) is 12.6 Å². The van der Waals surface area contributed by atoms with Gasteiger partial charge in [-0.15, -0.1) is 0 Å². The van der Waals surface area contributed by atoms with Gasteiger partial charge in [-0.05, 0) is 47.6 Å². The van der Waals surface area contributed by atoms with E-state index in [1.54, 1.807) is 32.7 Å². The summed E-state index contributed by atoms with van der Waals surface area (Å²) in [5.41, 5.74) is -0.582. The number of hydrogen-bond donors (Lipinski definition) is 3. The minimum Gasteiger partial charge on any atom is -0.390 e. The van der Waals surface area contributed by atoms with Crippen molar-refractivity contribution in [2.45, 2.75) is 56.9 Å². The number of nitrogens with one attached hydrogen (secondary N) is 2. The lowest BCUT2D eigenvalue weighted by atomic mass is 10.1. The highest BCUT2D eigenvalue weighted by atomic mass is 32.2. The number of aliphatic hydroxyl groups is 1. The number of sulfonamides is 1. The zero-order valence-electron chi connectivity index (χ0n) is 14.1. The maximum atomic E-state index is 12.5. The SMILES string of the molecule is CCNC(=O)CN(C)CC(O)C1(S(=O)(=O)NC(C)(C)C)CC1. The highest BCUT2D eigenvalue weighted by Gasteiger charge is 2.60. The Balaban J connectivity index is 2.68. The van der Waals surface area contributed by atoms with Crippen LogP contribution in [-0.4, -0.2) is 67.4 Å². The van der Waals surface area contributed by atoms with Crippen molar-refractivity contribution < 1.29 is 18.3 Å². The van der Waals surface area contributed by atoms with Gasteiger partial charge in [0.15, 0.2) is 0 Å². The molecule has 0 radical (unpaired) electrons. The Bertz CT molecular complexity index is 495. The number of nitrogens with zero attached hydrogens (tertiary/aromatic N) is 1. The summed E-state index contributed by atoms with van der Waals surface area (Å²) >= 11 is 0. The molecule has 7 nitrogen and oxygen atoms in total. The van der Waals surface area contributed by atoms with Gasteiger partial charge in [0, 0.05) is 18.6 Å². The summed E-state index contributed by atoms with van der Waals surface area (Å²) < 4.78 is 26.5. The first-order valence-electron chi connectivity index (χ1n) is 7.60. The highest BCUT2D eigenvalue weighted by molar-refractivity contribution is 7.91. The van der Waals surface area contributed by atoms with Crippen molar-refractivity contribution in [1.82, 2.24) is 14.9 Å². The van der Waals surface area contributed by atoms with Gasteiger partial charge in [-0.3, -0.25) is 9.69 Å². The highest BCUT2D eigenvalue weighted by Crippen LogP contribution is 2.46. The van der Waals surface area contributed by atoms with E-state index in [9.17, 15) is 18.3 Å². The fourth-order valence-corrected chi connectivity index (χ4v) is 4.52. The van der Waals surface area contributed by atoms with E-state index >= 15 is 0 Å². The normalized spacial score (nSPS) is 19.0. The predicted molar refractivity (Wildman–Crippen MR) is 86.0 cm³/mol. The van der Waals surface area contributed by atoms with Gasteiger partial charge in [0.25, 0.3) is 0 Å². The molecule has 1 atom stereocenters. The maximum Gasteiger partial charge on any atom is 0.234 e. The van der Waals surface area contributed by atoms with Crippen LogP contribution in [-0.2, 0) is 14.8 Å². The molecule has 0 aromatic carbocycles. The Morgan fingerprint density at radius 3 is 2.32 bits per heavy atom. The molecule has 0 aliphatic heterocycles. The molecule has 22 heavy (non-hydrogen) atoms. The van der Waals surface area contributed by atoms with Gasteiger partial charge < -0.3 is 10.4 Å². The molecule has 130 valence electrons. The van der Waals surface area contributed by atoms with Crippen LogP contribution in [0.1, 0.15) is 40.5 Å². The van der Waals surface area contributed by atoms with Gasteiger partial charge in [0.2, 0.25) is 15.9 Å². The summed E-state index contributed by atoms with van der Waals surface area (Å²) in [4.78, 5) is 13.2. The van der Waals surface area contributed by atoms with Crippen molar-refractivity contribution in [2.24, 2.45) is 0 Å². The molecule has 1 rings (SSSR count). The molecule has 1 aliphatic carbocycles. The monoisotopic (exact) mass is 335 g/mol. The van der Waals surface area contributed by atoms with Crippen molar-refractivity contribution in [3.05, 3.63) is 0 Å². The van der Waals surface area contributed by atoms with Crippen LogP contribution >= 0.6 is 0 Å². The molecule has 3 N–H and O–H groups in total. The third kappa shape index (κ3) is 4.91. The summed E-state index contributed by atoms with van der Waals surface area (Å²) in [6.45, 7) is 7.96. The molecule has 1 unspecified atom stereocenters. The van der Waals surface area contributed by atoms with Gasteiger partial charge >= 0.3 is 0 Å². The Morgan fingerprint density at radius 2 is 1.91 bits per heavy atom. The molecule has 0 aromatic rings. The number of carbonyl (C=O) groups excluding carboxylic acids is 1. The average molecular weight is 335 g/mol. The second kappa shape index (κ2) is 6.82. The fraction of sp³-hybridized carbons (Fsp3) is 0.929. The number of carbonyl (C=O) groups is 1. The van der Waals surface area contributed by atoms with Crippen LogP contribution in [0, 0.1) is 0 Å². The van der Waals surface area contributed by atoms with Crippen LogP contribution < -0.4 is 10.0 Å². The third-order valence-corrected chi connectivity index (χ3v) is 6.23. The van der Waals surface area contributed by atoms with Gasteiger partial charge in [-0.25, -0.2) is 13.1 Å².